The molecule has 1 saturated heterocycles. The highest BCUT2D eigenvalue weighted by Gasteiger charge is 2.16. The summed E-state index contributed by atoms with van der Waals surface area (Å²) in [4.78, 5) is 14.5. The zero-order valence-electron chi connectivity index (χ0n) is 15.2. The molecule has 138 valence electrons. The molecule has 0 aliphatic carbocycles. The van der Waals surface area contributed by atoms with E-state index in [1.807, 2.05) is 44.2 Å². The molecule has 0 radical (unpaired) electrons. The van der Waals surface area contributed by atoms with E-state index in [2.05, 4.69) is 10.2 Å². The van der Waals surface area contributed by atoms with Crippen molar-refractivity contribution < 1.29 is 14.3 Å². The third kappa shape index (κ3) is 4.46. The van der Waals surface area contributed by atoms with Gasteiger partial charge in [0.15, 0.2) is 6.61 Å². The Hall–Kier alpha value is -2.73. The van der Waals surface area contributed by atoms with Gasteiger partial charge in [0.05, 0.1) is 24.6 Å². The Balaban J connectivity index is 1.66. The molecular formula is C20H25N3O3. The summed E-state index contributed by atoms with van der Waals surface area (Å²) in [6.07, 6.45) is 0. The molecule has 6 nitrogen and oxygen atoms in total. The van der Waals surface area contributed by atoms with Crippen molar-refractivity contribution in [1.82, 2.24) is 0 Å². The van der Waals surface area contributed by atoms with Crippen molar-refractivity contribution in [2.75, 3.05) is 48.9 Å². The molecule has 0 unspecified atom stereocenters. The number of nitrogen functional groups attached to an aromatic ring is 1. The van der Waals surface area contributed by atoms with Crippen LogP contribution in [0, 0.1) is 13.8 Å². The molecule has 3 N–H and O–H groups in total. The molecule has 6 heteroatoms. The maximum absolute atomic E-state index is 12.4. The first-order valence-electron chi connectivity index (χ1n) is 8.75. The average Bonchev–Trinajstić information content (AvgIpc) is 2.63. The molecule has 1 aliphatic rings. The lowest BCUT2D eigenvalue weighted by Crippen LogP contribution is -2.37. The lowest BCUT2D eigenvalue weighted by molar-refractivity contribution is -0.118. The van der Waals surface area contributed by atoms with Crippen LogP contribution in [0.1, 0.15) is 11.1 Å². The Labute approximate surface area is 153 Å². The number of carbonyl (C=O) groups is 1. The van der Waals surface area contributed by atoms with Crippen LogP contribution < -0.4 is 20.7 Å². The fourth-order valence-corrected chi connectivity index (χ4v) is 2.87. The molecule has 1 amide bonds. The molecular weight excluding hydrogens is 330 g/mol. The second-order valence-electron chi connectivity index (χ2n) is 6.46. The van der Waals surface area contributed by atoms with E-state index in [-0.39, 0.29) is 12.5 Å². The summed E-state index contributed by atoms with van der Waals surface area (Å²) >= 11 is 0. The van der Waals surface area contributed by atoms with Gasteiger partial charge in [0.2, 0.25) is 0 Å². The van der Waals surface area contributed by atoms with Crippen molar-refractivity contribution in [2.24, 2.45) is 0 Å². The van der Waals surface area contributed by atoms with Crippen LogP contribution in [0.5, 0.6) is 5.75 Å². The minimum absolute atomic E-state index is 0.0557. The van der Waals surface area contributed by atoms with Crippen LogP contribution in [0.2, 0.25) is 0 Å². The number of rotatable bonds is 5. The van der Waals surface area contributed by atoms with E-state index < -0.39 is 0 Å². The summed E-state index contributed by atoms with van der Waals surface area (Å²) in [5.74, 6) is 0.465. The number of hydrogen-bond donors (Lipinski definition) is 2. The zero-order chi connectivity index (χ0) is 18.5. The SMILES string of the molecule is Cc1ccc(OCC(=O)Nc2cc(N)ccc2N2CCOCC2)cc1C. The number of aryl methyl sites for hydroxylation is 2. The van der Waals surface area contributed by atoms with Crippen LogP contribution >= 0.6 is 0 Å². The Kier molecular flexibility index (Phi) is 5.63. The minimum atomic E-state index is -0.219. The molecule has 26 heavy (non-hydrogen) atoms. The largest absolute Gasteiger partial charge is 0.484 e. The summed E-state index contributed by atoms with van der Waals surface area (Å²) in [7, 11) is 0. The Morgan fingerprint density at radius 3 is 2.65 bits per heavy atom. The number of nitrogens with zero attached hydrogens (tertiary/aromatic N) is 1. The van der Waals surface area contributed by atoms with Crippen LogP contribution in [-0.2, 0) is 9.53 Å². The van der Waals surface area contributed by atoms with Crippen molar-refractivity contribution in [3.05, 3.63) is 47.5 Å². The Morgan fingerprint density at radius 2 is 1.92 bits per heavy atom. The van der Waals surface area contributed by atoms with Gasteiger partial charge < -0.3 is 25.4 Å². The topological polar surface area (TPSA) is 76.8 Å². The van der Waals surface area contributed by atoms with Gasteiger partial charge in [-0.2, -0.15) is 0 Å². The van der Waals surface area contributed by atoms with Crippen molar-refractivity contribution in [2.45, 2.75) is 13.8 Å². The van der Waals surface area contributed by atoms with E-state index >= 15 is 0 Å². The van der Waals surface area contributed by atoms with Gasteiger partial charge in [-0.25, -0.2) is 0 Å². The van der Waals surface area contributed by atoms with Crippen molar-refractivity contribution in [3.63, 3.8) is 0 Å². The monoisotopic (exact) mass is 355 g/mol. The van der Waals surface area contributed by atoms with Crippen molar-refractivity contribution in [1.29, 1.82) is 0 Å². The van der Waals surface area contributed by atoms with E-state index in [9.17, 15) is 4.79 Å². The lowest BCUT2D eigenvalue weighted by atomic mass is 10.1. The fourth-order valence-electron chi connectivity index (χ4n) is 2.87. The lowest BCUT2D eigenvalue weighted by Gasteiger charge is -2.30. The number of amides is 1. The van der Waals surface area contributed by atoms with Crippen LogP contribution in [0.4, 0.5) is 17.1 Å². The van der Waals surface area contributed by atoms with Crippen LogP contribution in [-0.4, -0.2) is 38.8 Å². The molecule has 0 aromatic heterocycles. The maximum atomic E-state index is 12.4. The van der Waals surface area contributed by atoms with Gasteiger partial charge in [0.1, 0.15) is 5.75 Å². The standard InChI is InChI=1S/C20H25N3O3/c1-14-3-5-17(11-15(14)2)26-13-20(24)22-18-12-16(21)4-6-19(18)23-7-9-25-10-8-23/h3-6,11-12H,7-10,13,21H2,1-2H3,(H,22,24). The highest BCUT2D eigenvalue weighted by molar-refractivity contribution is 5.96. The number of benzene rings is 2. The van der Waals surface area contributed by atoms with Crippen LogP contribution in [0.25, 0.3) is 0 Å². The normalized spacial score (nSPS) is 14.2. The number of morpholine rings is 1. The van der Waals surface area contributed by atoms with Gasteiger partial charge >= 0.3 is 0 Å². The molecule has 1 aliphatic heterocycles. The summed E-state index contributed by atoms with van der Waals surface area (Å²) < 4.78 is 11.0. The van der Waals surface area contributed by atoms with Crippen molar-refractivity contribution >= 4 is 23.0 Å². The third-order valence-electron chi connectivity index (χ3n) is 4.49. The average molecular weight is 355 g/mol. The first kappa shape index (κ1) is 18.1. The molecule has 0 atom stereocenters. The minimum Gasteiger partial charge on any atom is -0.484 e. The summed E-state index contributed by atoms with van der Waals surface area (Å²) in [6.45, 7) is 6.92. The summed E-state index contributed by atoms with van der Waals surface area (Å²) in [5, 5.41) is 2.92. The van der Waals surface area contributed by atoms with E-state index in [4.69, 9.17) is 15.2 Å². The van der Waals surface area contributed by atoms with Crippen molar-refractivity contribution in [3.8, 4) is 5.75 Å². The highest BCUT2D eigenvalue weighted by atomic mass is 16.5. The summed E-state index contributed by atoms with van der Waals surface area (Å²) in [5.41, 5.74) is 10.5. The Bertz CT molecular complexity index is 786. The molecule has 1 fully saturated rings. The number of ether oxygens (including phenoxy) is 2. The molecule has 0 bridgehead atoms. The Morgan fingerprint density at radius 1 is 1.15 bits per heavy atom. The van der Waals surface area contributed by atoms with Gasteiger partial charge in [-0.05, 0) is 55.3 Å². The molecule has 0 saturated carbocycles. The van der Waals surface area contributed by atoms with Gasteiger partial charge in [0.25, 0.3) is 5.91 Å². The van der Waals surface area contributed by atoms with Gasteiger partial charge in [0, 0.05) is 18.8 Å². The van der Waals surface area contributed by atoms with Gasteiger partial charge in [-0.3, -0.25) is 4.79 Å². The van der Waals surface area contributed by atoms with E-state index in [0.717, 1.165) is 24.3 Å². The van der Waals surface area contributed by atoms with Gasteiger partial charge in [-0.1, -0.05) is 6.07 Å². The number of nitrogens with two attached hydrogens (primary N) is 1. The number of hydrogen-bond acceptors (Lipinski definition) is 5. The van der Waals surface area contributed by atoms with Crippen LogP contribution in [0.3, 0.4) is 0 Å². The summed E-state index contributed by atoms with van der Waals surface area (Å²) in [6, 6.07) is 11.3. The fraction of sp³-hybridized carbons (Fsp3) is 0.350. The van der Waals surface area contributed by atoms with E-state index in [0.29, 0.717) is 30.3 Å². The molecule has 3 rings (SSSR count). The zero-order valence-corrected chi connectivity index (χ0v) is 15.2. The maximum Gasteiger partial charge on any atom is 0.262 e. The second kappa shape index (κ2) is 8.10. The smallest absolute Gasteiger partial charge is 0.262 e. The van der Waals surface area contributed by atoms with Crippen LogP contribution in [0.15, 0.2) is 36.4 Å². The van der Waals surface area contributed by atoms with E-state index in [1.165, 1.54) is 5.56 Å². The second-order valence-corrected chi connectivity index (χ2v) is 6.46. The predicted octanol–water partition coefficient (Wildman–Crippen LogP) is 2.74. The number of nitrogens with one attached hydrogen (secondary N) is 1. The highest BCUT2D eigenvalue weighted by Crippen LogP contribution is 2.29. The molecule has 2 aromatic rings. The van der Waals surface area contributed by atoms with Gasteiger partial charge in [-0.15, -0.1) is 0 Å². The predicted molar refractivity (Wildman–Crippen MR) is 104 cm³/mol. The molecule has 2 aromatic carbocycles. The first-order valence-corrected chi connectivity index (χ1v) is 8.75. The number of carbonyl (C=O) groups excluding carboxylic acids is 1. The quantitative estimate of drug-likeness (QED) is 0.807. The van der Waals surface area contributed by atoms with E-state index in [1.54, 1.807) is 6.07 Å². The number of anilines is 3. The third-order valence-corrected chi connectivity index (χ3v) is 4.49. The molecule has 0 spiro atoms. The molecule has 1 heterocycles. The first-order chi connectivity index (χ1) is 12.5.